The van der Waals surface area contributed by atoms with Gasteiger partial charge in [0, 0.05) is 22.4 Å². The lowest BCUT2D eigenvalue weighted by atomic mass is 10.3. The van der Waals surface area contributed by atoms with Crippen LogP contribution in [0.4, 0.5) is 0 Å². The fourth-order valence-corrected chi connectivity index (χ4v) is 4.11. The summed E-state index contributed by atoms with van der Waals surface area (Å²) < 4.78 is 0. The third-order valence-electron chi connectivity index (χ3n) is 2.78. The van der Waals surface area contributed by atoms with Crippen molar-refractivity contribution in [3.05, 3.63) is 16.1 Å². The quantitative estimate of drug-likeness (QED) is 0.880. The normalized spacial score (nSPS) is 19.6. The summed E-state index contributed by atoms with van der Waals surface area (Å²) in [4.78, 5) is 4.54. The van der Waals surface area contributed by atoms with Gasteiger partial charge in [0.2, 0.25) is 0 Å². The second kappa shape index (κ2) is 5.32. The maximum Gasteiger partial charge on any atom is 0.103 e. The Bertz CT molecular complexity index is 303. The monoisotopic (exact) mass is 242 g/mol. The van der Waals surface area contributed by atoms with Crippen molar-refractivity contribution in [3.8, 4) is 0 Å². The number of rotatable bonds is 4. The summed E-state index contributed by atoms with van der Waals surface area (Å²) in [5.41, 5.74) is 6.83. The molecule has 84 valence electrons. The molecule has 1 fully saturated rings. The predicted octanol–water partition coefficient (Wildman–Crippen LogP) is 3.34. The number of aromatic nitrogens is 1. The number of hydrogen-bond acceptors (Lipinski definition) is 4. The third kappa shape index (κ3) is 3.20. The molecule has 2 rings (SSSR count). The maximum absolute atomic E-state index is 5.78. The molecule has 4 heteroatoms. The summed E-state index contributed by atoms with van der Waals surface area (Å²) >= 11 is 3.82. The molecular weight excluding hydrogens is 224 g/mol. The molecule has 2 N–H and O–H groups in total. The summed E-state index contributed by atoms with van der Waals surface area (Å²) in [6.07, 6.45) is 5.63. The summed E-state index contributed by atoms with van der Waals surface area (Å²) in [6.45, 7) is 1.99. The first kappa shape index (κ1) is 11.4. The standard InChI is InChI=1S/C11H18N2S2/c1-8(12)10-6-15-11(13-10)7-14-9-4-2-3-5-9/h6,8-9H,2-5,7,12H2,1H3. The van der Waals surface area contributed by atoms with Crippen molar-refractivity contribution in [2.75, 3.05) is 0 Å². The lowest BCUT2D eigenvalue weighted by Gasteiger charge is -2.06. The molecule has 1 unspecified atom stereocenters. The minimum Gasteiger partial charge on any atom is -0.323 e. The Labute approximate surface area is 99.7 Å². The molecule has 1 aliphatic carbocycles. The minimum absolute atomic E-state index is 0.0754. The summed E-state index contributed by atoms with van der Waals surface area (Å²) in [6, 6.07) is 0.0754. The van der Waals surface area contributed by atoms with Gasteiger partial charge >= 0.3 is 0 Å². The second-order valence-corrected chi connectivity index (χ2v) is 6.40. The van der Waals surface area contributed by atoms with Crippen LogP contribution in [-0.2, 0) is 5.75 Å². The van der Waals surface area contributed by atoms with Gasteiger partial charge in [0.15, 0.2) is 0 Å². The first-order valence-corrected chi connectivity index (χ1v) is 7.50. The Morgan fingerprint density at radius 3 is 2.93 bits per heavy atom. The summed E-state index contributed by atoms with van der Waals surface area (Å²) in [5, 5.41) is 4.21. The SMILES string of the molecule is CC(N)c1csc(CSC2CCCC2)n1. The van der Waals surface area contributed by atoms with Crippen LogP contribution in [0, 0.1) is 0 Å². The van der Waals surface area contributed by atoms with Gasteiger partial charge in [-0.05, 0) is 19.8 Å². The molecule has 0 spiro atoms. The van der Waals surface area contributed by atoms with Crippen molar-refractivity contribution in [2.24, 2.45) is 5.73 Å². The second-order valence-electron chi connectivity index (χ2n) is 4.17. The van der Waals surface area contributed by atoms with Crippen molar-refractivity contribution in [1.82, 2.24) is 4.98 Å². The zero-order chi connectivity index (χ0) is 10.7. The molecule has 2 nitrogen and oxygen atoms in total. The van der Waals surface area contributed by atoms with Gasteiger partial charge in [0.05, 0.1) is 5.69 Å². The molecule has 1 saturated carbocycles. The van der Waals surface area contributed by atoms with Crippen molar-refractivity contribution in [3.63, 3.8) is 0 Å². The molecule has 1 heterocycles. The van der Waals surface area contributed by atoms with E-state index in [9.17, 15) is 0 Å². The van der Waals surface area contributed by atoms with E-state index in [2.05, 4.69) is 22.1 Å². The first-order valence-electron chi connectivity index (χ1n) is 5.57. The molecule has 1 aromatic heterocycles. The van der Waals surface area contributed by atoms with Gasteiger partial charge in [-0.15, -0.1) is 11.3 Å². The van der Waals surface area contributed by atoms with E-state index in [4.69, 9.17) is 5.73 Å². The smallest absolute Gasteiger partial charge is 0.103 e. The highest BCUT2D eigenvalue weighted by Gasteiger charge is 2.16. The van der Waals surface area contributed by atoms with E-state index in [-0.39, 0.29) is 6.04 Å². The van der Waals surface area contributed by atoms with Gasteiger partial charge in [-0.25, -0.2) is 4.98 Å². The lowest BCUT2D eigenvalue weighted by molar-refractivity contribution is 0.785. The highest BCUT2D eigenvalue weighted by molar-refractivity contribution is 7.99. The largest absolute Gasteiger partial charge is 0.323 e. The van der Waals surface area contributed by atoms with E-state index in [1.807, 2.05) is 6.92 Å². The highest BCUT2D eigenvalue weighted by atomic mass is 32.2. The fourth-order valence-electron chi connectivity index (χ4n) is 1.84. The average Bonchev–Trinajstić information content (AvgIpc) is 2.86. The third-order valence-corrected chi connectivity index (χ3v) is 5.21. The zero-order valence-corrected chi connectivity index (χ0v) is 10.7. The molecule has 1 aromatic rings. The van der Waals surface area contributed by atoms with E-state index in [1.165, 1.54) is 30.7 Å². The predicted molar refractivity (Wildman–Crippen MR) is 68.3 cm³/mol. The molecule has 0 saturated heterocycles. The first-order chi connectivity index (χ1) is 7.25. The van der Waals surface area contributed by atoms with E-state index in [0.717, 1.165) is 16.7 Å². The fraction of sp³-hybridized carbons (Fsp3) is 0.727. The van der Waals surface area contributed by atoms with Crippen LogP contribution >= 0.6 is 23.1 Å². The van der Waals surface area contributed by atoms with Crippen LogP contribution in [0.3, 0.4) is 0 Å². The van der Waals surface area contributed by atoms with Crippen molar-refractivity contribution < 1.29 is 0 Å². The molecular formula is C11H18N2S2. The summed E-state index contributed by atoms with van der Waals surface area (Å²) in [5.74, 6) is 1.07. The number of nitrogens with two attached hydrogens (primary N) is 1. The minimum atomic E-state index is 0.0754. The van der Waals surface area contributed by atoms with Crippen LogP contribution in [0.5, 0.6) is 0 Å². The highest BCUT2D eigenvalue weighted by Crippen LogP contribution is 2.32. The Morgan fingerprint density at radius 2 is 2.33 bits per heavy atom. The van der Waals surface area contributed by atoms with Gasteiger partial charge in [-0.2, -0.15) is 11.8 Å². The Balaban J connectivity index is 1.82. The van der Waals surface area contributed by atoms with Gasteiger partial charge in [0.1, 0.15) is 5.01 Å². The molecule has 0 aliphatic heterocycles. The average molecular weight is 242 g/mol. The number of nitrogens with zero attached hydrogens (tertiary/aromatic N) is 1. The molecule has 0 radical (unpaired) electrons. The van der Waals surface area contributed by atoms with Crippen molar-refractivity contribution in [2.45, 2.75) is 49.7 Å². The number of hydrogen-bond donors (Lipinski definition) is 1. The maximum atomic E-state index is 5.78. The van der Waals surface area contributed by atoms with Crippen LogP contribution in [0.2, 0.25) is 0 Å². The van der Waals surface area contributed by atoms with Crippen LogP contribution in [-0.4, -0.2) is 10.2 Å². The Hall–Kier alpha value is -0.0600. The van der Waals surface area contributed by atoms with E-state index in [0.29, 0.717) is 0 Å². The Morgan fingerprint density at radius 1 is 1.60 bits per heavy atom. The zero-order valence-electron chi connectivity index (χ0n) is 9.11. The molecule has 0 bridgehead atoms. The van der Waals surface area contributed by atoms with Crippen LogP contribution in [0.15, 0.2) is 5.38 Å². The van der Waals surface area contributed by atoms with Crippen LogP contribution < -0.4 is 5.73 Å². The van der Waals surface area contributed by atoms with Crippen LogP contribution in [0.1, 0.15) is 49.4 Å². The van der Waals surface area contributed by atoms with Gasteiger partial charge < -0.3 is 5.73 Å². The number of thiazole rings is 1. The number of thioether (sulfide) groups is 1. The Kier molecular flexibility index (Phi) is 4.05. The van der Waals surface area contributed by atoms with Crippen molar-refractivity contribution in [1.29, 1.82) is 0 Å². The van der Waals surface area contributed by atoms with E-state index >= 15 is 0 Å². The van der Waals surface area contributed by atoms with Gasteiger partial charge in [-0.1, -0.05) is 12.8 Å². The van der Waals surface area contributed by atoms with Crippen LogP contribution in [0.25, 0.3) is 0 Å². The molecule has 0 amide bonds. The van der Waals surface area contributed by atoms with Gasteiger partial charge in [0.25, 0.3) is 0 Å². The van der Waals surface area contributed by atoms with E-state index in [1.54, 1.807) is 11.3 Å². The molecule has 1 atom stereocenters. The lowest BCUT2D eigenvalue weighted by Crippen LogP contribution is -2.05. The molecule has 0 aromatic carbocycles. The van der Waals surface area contributed by atoms with Gasteiger partial charge in [-0.3, -0.25) is 0 Å². The molecule has 15 heavy (non-hydrogen) atoms. The molecule has 1 aliphatic rings. The topological polar surface area (TPSA) is 38.9 Å². The van der Waals surface area contributed by atoms with Crippen molar-refractivity contribution >= 4 is 23.1 Å². The van der Waals surface area contributed by atoms with E-state index < -0.39 is 0 Å². The summed E-state index contributed by atoms with van der Waals surface area (Å²) in [7, 11) is 0.